The maximum absolute atomic E-state index is 13.1. The van der Waals surface area contributed by atoms with Crippen molar-refractivity contribution in [1.29, 1.82) is 0 Å². The van der Waals surface area contributed by atoms with Crippen LogP contribution in [0.1, 0.15) is 54.7 Å². The summed E-state index contributed by atoms with van der Waals surface area (Å²) >= 11 is 0. The Morgan fingerprint density at radius 2 is 2.04 bits per heavy atom. The van der Waals surface area contributed by atoms with Crippen molar-refractivity contribution in [2.24, 2.45) is 5.92 Å². The smallest absolute Gasteiger partial charge is 0.338 e. The van der Waals surface area contributed by atoms with Crippen LogP contribution in [0, 0.1) is 12.8 Å². The molecule has 0 saturated carbocycles. The number of nitrogens with zero attached hydrogens (tertiary/aromatic N) is 1. The highest BCUT2D eigenvalue weighted by atomic mass is 16.5. The molecule has 1 fully saturated rings. The SMILES string of the molecule is CCCOC(=O)c1ccc2[nH]c(C)c(CN3CCC(C)CC3)c(=O)c2c1. The van der Waals surface area contributed by atoms with E-state index in [9.17, 15) is 9.59 Å². The van der Waals surface area contributed by atoms with Gasteiger partial charge in [-0.05, 0) is 63.4 Å². The van der Waals surface area contributed by atoms with Crippen molar-refractivity contribution < 1.29 is 9.53 Å². The Balaban J connectivity index is 1.91. The molecule has 0 amide bonds. The van der Waals surface area contributed by atoms with E-state index in [0.717, 1.165) is 42.2 Å². The molecule has 0 aliphatic carbocycles. The van der Waals surface area contributed by atoms with E-state index in [1.165, 1.54) is 12.8 Å². The molecule has 1 aliphatic heterocycles. The van der Waals surface area contributed by atoms with Crippen LogP contribution in [-0.2, 0) is 11.3 Å². The number of carbonyl (C=O) groups is 1. The second-order valence-electron chi connectivity index (χ2n) is 7.41. The molecule has 1 aliphatic rings. The van der Waals surface area contributed by atoms with Gasteiger partial charge < -0.3 is 9.72 Å². The number of carbonyl (C=O) groups excluding carboxylic acids is 1. The number of pyridine rings is 1. The van der Waals surface area contributed by atoms with Gasteiger partial charge in [0.15, 0.2) is 5.43 Å². The largest absolute Gasteiger partial charge is 0.462 e. The molecule has 5 nitrogen and oxygen atoms in total. The highest BCUT2D eigenvalue weighted by molar-refractivity contribution is 5.94. The lowest BCUT2D eigenvalue weighted by molar-refractivity contribution is 0.0505. The zero-order chi connectivity index (χ0) is 18.7. The second kappa shape index (κ2) is 8.04. The molecule has 0 spiro atoms. The maximum atomic E-state index is 13.1. The second-order valence-corrected chi connectivity index (χ2v) is 7.41. The summed E-state index contributed by atoms with van der Waals surface area (Å²) in [6, 6.07) is 5.16. The number of esters is 1. The molecule has 5 heteroatoms. The molecular weight excluding hydrogens is 328 g/mol. The van der Waals surface area contributed by atoms with Gasteiger partial charge in [-0.3, -0.25) is 9.69 Å². The number of aryl methyl sites for hydroxylation is 1. The van der Waals surface area contributed by atoms with E-state index in [4.69, 9.17) is 4.74 Å². The van der Waals surface area contributed by atoms with Gasteiger partial charge in [-0.1, -0.05) is 13.8 Å². The van der Waals surface area contributed by atoms with Crippen molar-refractivity contribution in [3.8, 4) is 0 Å². The van der Waals surface area contributed by atoms with E-state index in [2.05, 4.69) is 16.8 Å². The van der Waals surface area contributed by atoms with Crippen LogP contribution >= 0.6 is 0 Å². The molecule has 0 unspecified atom stereocenters. The Morgan fingerprint density at radius 1 is 1.31 bits per heavy atom. The first-order valence-electron chi connectivity index (χ1n) is 9.54. The number of fused-ring (bicyclic) bond motifs is 1. The first-order valence-corrected chi connectivity index (χ1v) is 9.54. The molecule has 1 N–H and O–H groups in total. The fourth-order valence-electron chi connectivity index (χ4n) is 3.49. The van der Waals surface area contributed by atoms with E-state index < -0.39 is 0 Å². The number of benzene rings is 1. The summed E-state index contributed by atoms with van der Waals surface area (Å²) in [5.41, 5.74) is 2.90. The van der Waals surface area contributed by atoms with E-state index in [-0.39, 0.29) is 11.4 Å². The number of hydrogen-bond acceptors (Lipinski definition) is 4. The number of rotatable bonds is 5. The normalized spacial score (nSPS) is 16.1. The van der Waals surface area contributed by atoms with Gasteiger partial charge in [0.05, 0.1) is 12.2 Å². The minimum atomic E-state index is -0.375. The fraction of sp³-hybridized carbons (Fsp3) is 0.524. The predicted molar refractivity (Wildman–Crippen MR) is 104 cm³/mol. The van der Waals surface area contributed by atoms with Gasteiger partial charge in [0.25, 0.3) is 0 Å². The molecule has 140 valence electrons. The minimum Gasteiger partial charge on any atom is -0.462 e. The highest BCUT2D eigenvalue weighted by Crippen LogP contribution is 2.20. The first-order chi connectivity index (χ1) is 12.5. The molecule has 3 rings (SSSR count). The van der Waals surface area contributed by atoms with Crippen LogP contribution in [0.2, 0.25) is 0 Å². The van der Waals surface area contributed by atoms with Gasteiger partial charge in [0.2, 0.25) is 0 Å². The van der Waals surface area contributed by atoms with Gasteiger partial charge in [-0.15, -0.1) is 0 Å². The molecular formula is C21H28N2O3. The molecule has 1 aromatic heterocycles. The molecule has 0 atom stereocenters. The summed E-state index contributed by atoms with van der Waals surface area (Å²) in [6.45, 7) is 9.29. The lowest BCUT2D eigenvalue weighted by Gasteiger charge is -2.30. The number of hydrogen-bond donors (Lipinski definition) is 1. The third-order valence-corrected chi connectivity index (χ3v) is 5.24. The minimum absolute atomic E-state index is 0.0139. The maximum Gasteiger partial charge on any atom is 0.338 e. The van der Waals surface area contributed by atoms with Crippen molar-refractivity contribution in [2.45, 2.75) is 46.6 Å². The zero-order valence-electron chi connectivity index (χ0n) is 15.9. The third-order valence-electron chi connectivity index (χ3n) is 5.24. The van der Waals surface area contributed by atoms with Crippen LogP contribution in [0.25, 0.3) is 10.9 Å². The number of aromatic amines is 1. The van der Waals surface area contributed by atoms with Gasteiger partial charge in [-0.25, -0.2) is 4.79 Å². The fourth-order valence-corrected chi connectivity index (χ4v) is 3.49. The summed E-state index contributed by atoms with van der Waals surface area (Å²) in [4.78, 5) is 30.9. The summed E-state index contributed by atoms with van der Waals surface area (Å²) in [5.74, 6) is 0.388. The van der Waals surface area contributed by atoms with Crippen LogP contribution in [0.15, 0.2) is 23.0 Å². The van der Waals surface area contributed by atoms with Crippen LogP contribution in [0.4, 0.5) is 0 Å². The Labute approximate surface area is 154 Å². The van der Waals surface area contributed by atoms with Crippen LogP contribution in [0.5, 0.6) is 0 Å². The number of nitrogens with one attached hydrogen (secondary N) is 1. The zero-order valence-corrected chi connectivity index (χ0v) is 15.9. The van der Waals surface area contributed by atoms with E-state index in [0.29, 0.717) is 24.1 Å². The first kappa shape index (κ1) is 18.6. The summed E-state index contributed by atoms with van der Waals surface area (Å²) < 4.78 is 5.19. The molecule has 2 aromatic rings. The number of likely N-dealkylation sites (tertiary alicyclic amines) is 1. The Hall–Kier alpha value is -2.14. The number of ether oxygens (including phenoxy) is 1. The standard InChI is InChI=1S/C21H28N2O3/c1-4-11-26-21(25)16-5-6-19-17(12-16)20(24)18(15(3)22-19)13-23-9-7-14(2)8-10-23/h5-6,12,14H,4,7-11,13H2,1-3H3,(H,22,24). The average Bonchev–Trinajstić information content (AvgIpc) is 2.64. The number of H-pyrrole nitrogens is 1. The Morgan fingerprint density at radius 3 is 2.73 bits per heavy atom. The van der Waals surface area contributed by atoms with Gasteiger partial charge in [0.1, 0.15) is 0 Å². The lowest BCUT2D eigenvalue weighted by Crippen LogP contribution is -2.34. The van der Waals surface area contributed by atoms with Gasteiger partial charge in [0, 0.05) is 28.7 Å². The number of piperidine rings is 1. The quantitative estimate of drug-likeness (QED) is 0.831. The molecule has 1 saturated heterocycles. The van der Waals surface area contributed by atoms with E-state index in [1.54, 1.807) is 18.2 Å². The lowest BCUT2D eigenvalue weighted by atomic mass is 9.98. The third kappa shape index (κ3) is 3.98. The monoisotopic (exact) mass is 356 g/mol. The van der Waals surface area contributed by atoms with E-state index >= 15 is 0 Å². The van der Waals surface area contributed by atoms with Crippen LogP contribution in [0.3, 0.4) is 0 Å². The molecule has 0 radical (unpaired) electrons. The van der Waals surface area contributed by atoms with Crippen molar-refractivity contribution in [3.63, 3.8) is 0 Å². The summed E-state index contributed by atoms with van der Waals surface area (Å²) in [5, 5.41) is 0.557. The van der Waals surface area contributed by atoms with Crippen molar-refractivity contribution in [3.05, 3.63) is 45.2 Å². The molecule has 1 aromatic carbocycles. The molecule has 26 heavy (non-hydrogen) atoms. The average molecular weight is 356 g/mol. The van der Waals surface area contributed by atoms with Crippen molar-refractivity contribution >= 4 is 16.9 Å². The topological polar surface area (TPSA) is 62.4 Å². The van der Waals surface area contributed by atoms with Crippen LogP contribution < -0.4 is 5.43 Å². The molecule has 2 heterocycles. The van der Waals surface area contributed by atoms with Crippen LogP contribution in [-0.4, -0.2) is 35.5 Å². The highest BCUT2D eigenvalue weighted by Gasteiger charge is 2.19. The summed E-state index contributed by atoms with van der Waals surface area (Å²) in [6.07, 6.45) is 3.13. The number of aromatic nitrogens is 1. The van der Waals surface area contributed by atoms with Crippen molar-refractivity contribution in [2.75, 3.05) is 19.7 Å². The Kier molecular flexibility index (Phi) is 5.77. The Bertz CT molecular complexity index is 848. The van der Waals surface area contributed by atoms with Gasteiger partial charge in [-0.2, -0.15) is 0 Å². The van der Waals surface area contributed by atoms with Crippen molar-refractivity contribution in [1.82, 2.24) is 9.88 Å². The predicted octanol–water partition coefficient (Wildman–Crippen LogP) is 3.64. The van der Waals surface area contributed by atoms with E-state index in [1.807, 2.05) is 13.8 Å². The molecule has 0 bridgehead atoms. The van der Waals surface area contributed by atoms with Gasteiger partial charge >= 0.3 is 5.97 Å². The summed E-state index contributed by atoms with van der Waals surface area (Å²) in [7, 11) is 0.